The highest BCUT2D eigenvalue weighted by Gasteiger charge is 2.23. The molecule has 0 aliphatic heterocycles. The molecule has 3 aromatic rings. The molecule has 0 fully saturated rings. The van der Waals surface area contributed by atoms with Crippen LogP contribution in [0.15, 0.2) is 47.4 Å². The number of para-hydroxylation sites is 1. The molecule has 0 saturated heterocycles. The van der Waals surface area contributed by atoms with E-state index in [1.54, 1.807) is 43.3 Å². The van der Waals surface area contributed by atoms with Crippen molar-refractivity contribution in [3.63, 3.8) is 0 Å². The van der Waals surface area contributed by atoms with Crippen LogP contribution in [0.2, 0.25) is 0 Å². The molecule has 0 radical (unpaired) electrons. The number of nitrogens with one attached hydrogen (secondary N) is 2. The molecular formula is C17H16N2O4S. The third kappa shape index (κ3) is 2.74. The van der Waals surface area contributed by atoms with Crippen LogP contribution in [-0.4, -0.2) is 24.5 Å². The highest BCUT2D eigenvalue weighted by molar-refractivity contribution is 7.92. The topological polar surface area (TPSA) is 99.3 Å². The van der Waals surface area contributed by atoms with Crippen LogP contribution in [0, 0.1) is 13.8 Å². The summed E-state index contributed by atoms with van der Waals surface area (Å²) < 4.78 is 27.9. The van der Waals surface area contributed by atoms with E-state index in [4.69, 9.17) is 0 Å². The summed E-state index contributed by atoms with van der Waals surface area (Å²) in [5.41, 5.74) is 1.94. The molecule has 0 aliphatic carbocycles. The smallest absolute Gasteiger partial charge is 0.354 e. The lowest BCUT2D eigenvalue weighted by atomic mass is 10.2. The van der Waals surface area contributed by atoms with Crippen molar-refractivity contribution in [2.24, 2.45) is 0 Å². The Morgan fingerprint density at radius 3 is 2.50 bits per heavy atom. The third-order valence-corrected chi connectivity index (χ3v) is 5.29. The van der Waals surface area contributed by atoms with E-state index >= 15 is 0 Å². The molecule has 2 aromatic carbocycles. The number of rotatable bonds is 4. The highest BCUT2D eigenvalue weighted by Crippen LogP contribution is 2.30. The van der Waals surface area contributed by atoms with Crippen LogP contribution >= 0.6 is 0 Å². The van der Waals surface area contributed by atoms with Gasteiger partial charge in [0.1, 0.15) is 5.69 Å². The van der Waals surface area contributed by atoms with Crippen LogP contribution in [0.25, 0.3) is 10.9 Å². The summed E-state index contributed by atoms with van der Waals surface area (Å²) in [4.78, 5) is 14.3. The number of hydrogen-bond donors (Lipinski definition) is 3. The quantitative estimate of drug-likeness (QED) is 0.676. The van der Waals surface area contributed by atoms with Gasteiger partial charge < -0.3 is 10.1 Å². The molecule has 0 amide bonds. The van der Waals surface area contributed by atoms with Gasteiger partial charge in [-0.1, -0.05) is 35.9 Å². The van der Waals surface area contributed by atoms with E-state index in [-0.39, 0.29) is 16.3 Å². The normalized spacial score (nSPS) is 11.6. The predicted octanol–water partition coefficient (Wildman–Crippen LogP) is 3.28. The first-order chi connectivity index (χ1) is 11.3. The Morgan fingerprint density at radius 1 is 1.12 bits per heavy atom. The summed E-state index contributed by atoms with van der Waals surface area (Å²) in [6.07, 6.45) is 0. The van der Waals surface area contributed by atoms with E-state index in [1.165, 1.54) is 6.07 Å². The second-order valence-corrected chi connectivity index (χ2v) is 7.25. The molecule has 1 heterocycles. The van der Waals surface area contributed by atoms with Crippen LogP contribution in [0.1, 0.15) is 21.6 Å². The lowest BCUT2D eigenvalue weighted by molar-refractivity contribution is 0.0692. The lowest BCUT2D eigenvalue weighted by Gasteiger charge is -2.11. The van der Waals surface area contributed by atoms with Gasteiger partial charge in [-0.25, -0.2) is 13.2 Å². The van der Waals surface area contributed by atoms with Gasteiger partial charge in [0, 0.05) is 10.9 Å². The van der Waals surface area contributed by atoms with Crippen molar-refractivity contribution in [1.29, 1.82) is 0 Å². The zero-order valence-corrected chi connectivity index (χ0v) is 13.9. The van der Waals surface area contributed by atoms with E-state index in [9.17, 15) is 18.3 Å². The zero-order valence-electron chi connectivity index (χ0n) is 13.1. The molecule has 3 N–H and O–H groups in total. The minimum Gasteiger partial charge on any atom is -0.477 e. The SMILES string of the molecule is Cc1ccc(S(=O)(=O)Nc2c(C(=O)O)[nH]c3ccccc23)c(C)c1. The Labute approximate surface area is 139 Å². The van der Waals surface area contributed by atoms with E-state index in [0.29, 0.717) is 16.5 Å². The summed E-state index contributed by atoms with van der Waals surface area (Å²) in [5.74, 6) is -1.23. The molecule has 24 heavy (non-hydrogen) atoms. The fourth-order valence-corrected chi connectivity index (χ4v) is 4.02. The van der Waals surface area contributed by atoms with Gasteiger partial charge in [0.05, 0.1) is 10.6 Å². The van der Waals surface area contributed by atoms with Gasteiger partial charge >= 0.3 is 5.97 Å². The number of aromatic amines is 1. The molecule has 0 bridgehead atoms. The first-order valence-electron chi connectivity index (χ1n) is 7.23. The Bertz CT molecular complexity index is 1050. The van der Waals surface area contributed by atoms with Crippen molar-refractivity contribution in [3.05, 3.63) is 59.3 Å². The Hall–Kier alpha value is -2.80. The van der Waals surface area contributed by atoms with E-state index < -0.39 is 16.0 Å². The van der Waals surface area contributed by atoms with Crippen LogP contribution < -0.4 is 4.72 Å². The second-order valence-electron chi connectivity index (χ2n) is 5.60. The number of H-pyrrole nitrogens is 1. The summed E-state index contributed by atoms with van der Waals surface area (Å²) in [5, 5.41) is 9.86. The molecule has 0 atom stereocenters. The molecule has 0 unspecified atom stereocenters. The molecule has 7 heteroatoms. The van der Waals surface area contributed by atoms with Gasteiger partial charge in [0.2, 0.25) is 0 Å². The number of carboxylic acids is 1. The van der Waals surface area contributed by atoms with E-state index in [1.807, 2.05) is 6.92 Å². The van der Waals surface area contributed by atoms with Crippen molar-refractivity contribution in [3.8, 4) is 0 Å². The van der Waals surface area contributed by atoms with Crippen LogP contribution in [0.4, 0.5) is 5.69 Å². The van der Waals surface area contributed by atoms with Crippen LogP contribution in [0.3, 0.4) is 0 Å². The number of carbonyl (C=O) groups is 1. The predicted molar refractivity (Wildman–Crippen MR) is 92.0 cm³/mol. The fraction of sp³-hybridized carbons (Fsp3) is 0.118. The van der Waals surface area contributed by atoms with Gasteiger partial charge in [0.25, 0.3) is 10.0 Å². The lowest BCUT2D eigenvalue weighted by Crippen LogP contribution is -2.16. The van der Waals surface area contributed by atoms with Gasteiger partial charge in [-0.05, 0) is 31.5 Å². The fourth-order valence-electron chi connectivity index (χ4n) is 2.70. The molecule has 1 aromatic heterocycles. The van der Waals surface area contributed by atoms with E-state index in [0.717, 1.165) is 5.56 Å². The number of sulfonamides is 1. The molecule has 0 saturated carbocycles. The summed E-state index contributed by atoms with van der Waals surface area (Å²) in [6, 6.07) is 11.8. The van der Waals surface area contributed by atoms with E-state index in [2.05, 4.69) is 9.71 Å². The van der Waals surface area contributed by atoms with Crippen molar-refractivity contribution in [2.45, 2.75) is 18.7 Å². The standard InChI is InChI=1S/C17H16N2O4S/c1-10-7-8-14(11(2)9-10)24(22,23)19-15-12-5-3-4-6-13(12)18-16(15)17(20)21/h3-9,18-19H,1-2H3,(H,20,21). The zero-order chi connectivity index (χ0) is 17.5. The maximum atomic E-state index is 12.7. The average molecular weight is 344 g/mol. The van der Waals surface area contributed by atoms with Crippen molar-refractivity contribution >= 4 is 32.6 Å². The monoisotopic (exact) mass is 344 g/mol. The first kappa shape index (κ1) is 16.1. The summed E-state index contributed by atoms with van der Waals surface area (Å²) in [7, 11) is -3.91. The van der Waals surface area contributed by atoms with Crippen LogP contribution in [0.5, 0.6) is 0 Å². The van der Waals surface area contributed by atoms with Crippen molar-refractivity contribution < 1.29 is 18.3 Å². The van der Waals surface area contributed by atoms with Crippen LogP contribution in [-0.2, 0) is 10.0 Å². The number of aryl methyl sites for hydroxylation is 2. The van der Waals surface area contributed by atoms with Gasteiger partial charge in [-0.15, -0.1) is 0 Å². The highest BCUT2D eigenvalue weighted by atomic mass is 32.2. The minimum atomic E-state index is -3.91. The number of aromatic carboxylic acids is 1. The molecule has 0 spiro atoms. The number of carboxylic acid groups (broad SMARTS) is 1. The number of aromatic nitrogens is 1. The Morgan fingerprint density at radius 2 is 1.83 bits per heavy atom. The minimum absolute atomic E-state index is 0.0399. The van der Waals surface area contributed by atoms with Gasteiger partial charge in [0.15, 0.2) is 0 Å². The van der Waals surface area contributed by atoms with Crippen molar-refractivity contribution in [1.82, 2.24) is 4.98 Å². The molecule has 6 nitrogen and oxygen atoms in total. The molecular weight excluding hydrogens is 328 g/mol. The maximum absolute atomic E-state index is 12.7. The number of fused-ring (bicyclic) bond motifs is 1. The third-order valence-electron chi connectivity index (χ3n) is 3.78. The number of hydrogen-bond acceptors (Lipinski definition) is 3. The largest absolute Gasteiger partial charge is 0.477 e. The summed E-state index contributed by atoms with van der Waals surface area (Å²) >= 11 is 0. The second kappa shape index (κ2) is 5.68. The number of benzene rings is 2. The summed E-state index contributed by atoms with van der Waals surface area (Å²) in [6.45, 7) is 3.58. The first-order valence-corrected chi connectivity index (χ1v) is 8.72. The Kier molecular flexibility index (Phi) is 3.81. The Balaban J connectivity index is 2.15. The van der Waals surface area contributed by atoms with Gasteiger partial charge in [-0.2, -0.15) is 0 Å². The van der Waals surface area contributed by atoms with Crippen molar-refractivity contribution in [2.75, 3.05) is 4.72 Å². The number of anilines is 1. The van der Waals surface area contributed by atoms with Gasteiger partial charge in [-0.3, -0.25) is 4.72 Å². The maximum Gasteiger partial charge on any atom is 0.354 e. The molecule has 124 valence electrons. The molecule has 3 rings (SSSR count). The average Bonchev–Trinajstić information content (AvgIpc) is 2.85. The molecule has 0 aliphatic rings.